The van der Waals surface area contributed by atoms with E-state index in [0.29, 0.717) is 5.70 Å². The van der Waals surface area contributed by atoms with Gasteiger partial charge in [0.1, 0.15) is 0 Å². The van der Waals surface area contributed by atoms with Crippen LogP contribution in [0.3, 0.4) is 0 Å². The number of nitrogens with two attached hydrogens (primary N) is 2. The van der Waals surface area contributed by atoms with E-state index in [1.54, 1.807) is 30.6 Å². The summed E-state index contributed by atoms with van der Waals surface area (Å²) in [5.74, 6) is 5.83. The van der Waals surface area contributed by atoms with Crippen molar-refractivity contribution in [2.45, 2.75) is 31.1 Å². The lowest BCUT2D eigenvalue weighted by Gasteiger charge is -2.35. The van der Waals surface area contributed by atoms with Crippen LogP contribution in [-0.2, 0) is 20.1 Å². The standard InChI is InChI=1S/C25H29N5O3S/c1-16(2)25(4,20-12-10-18(11-13-20)19-14-28-24(26)29-15-19)17(3)30-23(33-27)21-8-6-7-9-22(21)34(5,31)32/h6-16H,3,27H2,1-2,4-5H3,(H2,26,28,29)/b30-23-. The summed E-state index contributed by atoms with van der Waals surface area (Å²) in [6.07, 6.45) is 4.47. The first-order valence-electron chi connectivity index (χ1n) is 10.6. The fourth-order valence-corrected chi connectivity index (χ4v) is 4.57. The first-order chi connectivity index (χ1) is 16.0. The molecule has 0 aliphatic heterocycles. The van der Waals surface area contributed by atoms with Gasteiger partial charge in [-0.05, 0) is 36.1 Å². The van der Waals surface area contributed by atoms with Gasteiger partial charge >= 0.3 is 0 Å². The quantitative estimate of drug-likeness (QED) is 0.298. The molecular weight excluding hydrogens is 450 g/mol. The third-order valence-electron chi connectivity index (χ3n) is 6.11. The highest BCUT2D eigenvalue weighted by Gasteiger charge is 2.34. The van der Waals surface area contributed by atoms with Crippen LogP contribution in [0.25, 0.3) is 11.1 Å². The molecule has 1 unspecified atom stereocenters. The van der Waals surface area contributed by atoms with Gasteiger partial charge in [0.2, 0.25) is 11.8 Å². The van der Waals surface area contributed by atoms with Crippen LogP contribution < -0.4 is 11.6 Å². The highest BCUT2D eigenvalue weighted by molar-refractivity contribution is 7.90. The average molecular weight is 480 g/mol. The van der Waals surface area contributed by atoms with Crippen molar-refractivity contribution >= 4 is 21.7 Å². The van der Waals surface area contributed by atoms with E-state index in [1.807, 2.05) is 31.2 Å². The van der Waals surface area contributed by atoms with Crippen molar-refractivity contribution in [1.82, 2.24) is 9.97 Å². The van der Waals surface area contributed by atoms with Crippen molar-refractivity contribution in [1.29, 1.82) is 0 Å². The maximum atomic E-state index is 12.3. The van der Waals surface area contributed by atoms with Crippen LogP contribution in [-0.4, -0.2) is 30.5 Å². The summed E-state index contributed by atoms with van der Waals surface area (Å²) in [7, 11) is -3.53. The molecule has 0 spiro atoms. The van der Waals surface area contributed by atoms with Gasteiger partial charge in [-0.15, -0.1) is 0 Å². The van der Waals surface area contributed by atoms with Crippen LogP contribution >= 0.6 is 0 Å². The Morgan fingerprint density at radius 3 is 2.18 bits per heavy atom. The molecule has 3 rings (SSSR count). The van der Waals surface area contributed by atoms with Gasteiger partial charge in [-0.3, -0.25) is 0 Å². The fourth-order valence-electron chi connectivity index (χ4n) is 3.68. The highest BCUT2D eigenvalue weighted by atomic mass is 32.2. The summed E-state index contributed by atoms with van der Waals surface area (Å²) in [5.41, 5.74) is 8.51. The van der Waals surface area contributed by atoms with Crippen LogP contribution in [0.2, 0.25) is 0 Å². The third kappa shape index (κ3) is 5.00. The monoisotopic (exact) mass is 479 g/mol. The molecule has 1 heterocycles. The summed E-state index contributed by atoms with van der Waals surface area (Å²) in [4.78, 5) is 17.8. The number of anilines is 1. The van der Waals surface area contributed by atoms with Gasteiger partial charge in [0.25, 0.3) is 0 Å². The first-order valence-corrected chi connectivity index (χ1v) is 12.5. The molecule has 1 aromatic heterocycles. The van der Waals surface area contributed by atoms with Gasteiger partial charge in [0, 0.05) is 35.3 Å². The number of hydrogen-bond acceptors (Lipinski definition) is 8. The second-order valence-electron chi connectivity index (χ2n) is 8.51. The Labute approximate surface area is 200 Å². The summed E-state index contributed by atoms with van der Waals surface area (Å²) >= 11 is 0. The summed E-state index contributed by atoms with van der Waals surface area (Å²) in [5, 5.41) is 0. The van der Waals surface area contributed by atoms with Gasteiger partial charge in [-0.25, -0.2) is 23.4 Å². The SMILES string of the molecule is C=C(/N=C(\ON)c1ccccc1S(C)(=O)=O)C(C)(c1ccc(-c2cnc(N)nc2)cc1)C(C)C. The molecule has 0 saturated heterocycles. The molecule has 0 amide bonds. The van der Waals surface area contributed by atoms with E-state index >= 15 is 0 Å². The molecule has 0 aliphatic carbocycles. The smallest absolute Gasteiger partial charge is 0.246 e. The van der Waals surface area contributed by atoms with Crippen molar-refractivity contribution in [2.24, 2.45) is 16.8 Å². The normalized spacial score (nSPS) is 14.0. The van der Waals surface area contributed by atoms with Crippen molar-refractivity contribution in [2.75, 3.05) is 12.0 Å². The molecule has 0 radical (unpaired) electrons. The number of aromatic nitrogens is 2. The zero-order chi connectivity index (χ0) is 25.1. The van der Waals surface area contributed by atoms with E-state index in [2.05, 4.69) is 35.4 Å². The van der Waals surface area contributed by atoms with Crippen molar-refractivity contribution in [3.05, 3.63) is 84.3 Å². The minimum atomic E-state index is -3.53. The van der Waals surface area contributed by atoms with E-state index in [0.717, 1.165) is 22.9 Å². The Hall–Kier alpha value is -3.56. The number of hydrogen-bond donors (Lipinski definition) is 2. The van der Waals surface area contributed by atoms with Crippen LogP contribution in [0.5, 0.6) is 0 Å². The van der Waals surface area contributed by atoms with Crippen LogP contribution in [0.15, 0.2) is 83.1 Å². The van der Waals surface area contributed by atoms with Crippen molar-refractivity contribution in [3.8, 4) is 11.1 Å². The predicted molar refractivity (Wildman–Crippen MR) is 135 cm³/mol. The average Bonchev–Trinajstić information content (AvgIpc) is 2.81. The topological polar surface area (TPSA) is 134 Å². The van der Waals surface area contributed by atoms with Crippen LogP contribution in [0.4, 0.5) is 5.95 Å². The first kappa shape index (κ1) is 25.1. The Morgan fingerprint density at radius 1 is 1.06 bits per heavy atom. The second kappa shape index (κ2) is 9.74. The number of sulfone groups is 1. The number of aliphatic imine (C=N–C) groups is 1. The molecule has 178 valence electrons. The van der Waals surface area contributed by atoms with Gasteiger partial charge < -0.3 is 10.6 Å². The Bertz CT molecular complexity index is 1320. The van der Waals surface area contributed by atoms with E-state index in [-0.39, 0.29) is 28.2 Å². The zero-order valence-electron chi connectivity index (χ0n) is 19.7. The van der Waals surface area contributed by atoms with E-state index in [1.165, 1.54) is 6.07 Å². The molecule has 3 aromatic rings. The fraction of sp³-hybridized carbons (Fsp3) is 0.240. The van der Waals surface area contributed by atoms with Crippen LogP contribution in [0.1, 0.15) is 31.9 Å². The molecule has 2 aromatic carbocycles. The molecule has 9 heteroatoms. The zero-order valence-corrected chi connectivity index (χ0v) is 20.5. The molecule has 0 bridgehead atoms. The molecule has 0 saturated carbocycles. The Balaban J connectivity index is 2.03. The minimum absolute atomic E-state index is 0.0199. The van der Waals surface area contributed by atoms with Gasteiger partial charge in [0.05, 0.1) is 10.5 Å². The maximum Gasteiger partial charge on any atom is 0.246 e. The molecule has 4 N–H and O–H groups in total. The Morgan fingerprint density at radius 2 is 1.65 bits per heavy atom. The molecule has 1 atom stereocenters. The summed E-state index contributed by atoms with van der Waals surface area (Å²) in [6, 6.07) is 14.4. The molecular formula is C25H29N5O3S. The number of allylic oxidation sites excluding steroid dienone is 1. The van der Waals surface area contributed by atoms with Crippen molar-refractivity contribution in [3.63, 3.8) is 0 Å². The van der Waals surface area contributed by atoms with E-state index < -0.39 is 15.3 Å². The largest absolute Gasteiger partial charge is 0.390 e. The number of nitrogen functional groups attached to an aromatic ring is 1. The number of rotatable bonds is 7. The lowest BCUT2D eigenvalue weighted by atomic mass is 9.71. The lowest BCUT2D eigenvalue weighted by molar-refractivity contribution is 0.318. The molecule has 34 heavy (non-hydrogen) atoms. The van der Waals surface area contributed by atoms with Gasteiger partial charge in [-0.1, -0.05) is 56.8 Å². The summed E-state index contributed by atoms with van der Waals surface area (Å²) < 4.78 is 24.5. The van der Waals surface area contributed by atoms with Crippen LogP contribution in [0, 0.1) is 5.92 Å². The molecule has 0 aliphatic rings. The lowest BCUT2D eigenvalue weighted by Crippen LogP contribution is -2.31. The van der Waals surface area contributed by atoms with E-state index in [4.69, 9.17) is 16.5 Å². The minimum Gasteiger partial charge on any atom is -0.390 e. The predicted octanol–water partition coefficient (Wildman–Crippen LogP) is 3.89. The van der Waals surface area contributed by atoms with Gasteiger partial charge in [-0.2, -0.15) is 5.90 Å². The number of nitrogens with zero attached hydrogens (tertiary/aromatic N) is 3. The van der Waals surface area contributed by atoms with Gasteiger partial charge in [0.15, 0.2) is 9.84 Å². The molecule has 0 fully saturated rings. The summed E-state index contributed by atoms with van der Waals surface area (Å²) in [6.45, 7) is 10.4. The van der Waals surface area contributed by atoms with Crippen molar-refractivity contribution < 1.29 is 13.3 Å². The third-order valence-corrected chi connectivity index (χ3v) is 7.26. The second-order valence-corrected chi connectivity index (χ2v) is 10.5. The molecule has 8 nitrogen and oxygen atoms in total. The maximum absolute atomic E-state index is 12.3. The van der Waals surface area contributed by atoms with E-state index in [9.17, 15) is 8.42 Å². The highest BCUT2D eigenvalue weighted by Crippen LogP contribution is 2.40. The number of benzene rings is 2. The Kier molecular flexibility index (Phi) is 7.18.